The fraction of sp³-hybridized carbons (Fsp3) is 0.375. The Morgan fingerprint density at radius 3 is 2.38 bits per heavy atom. The number of carbonyl (C=O) groups is 2. The second-order valence-electron chi connectivity index (χ2n) is 10.6. The van der Waals surface area contributed by atoms with Crippen LogP contribution in [0.1, 0.15) is 50.2 Å². The highest BCUT2D eigenvalue weighted by Gasteiger charge is 2.34. The van der Waals surface area contributed by atoms with Gasteiger partial charge in [-0.1, -0.05) is 67.3 Å². The maximum Gasteiger partial charge on any atom is 0.264 e. The SMILES string of the molecule is COc1cccc(CN(C(=O)CN(c2cccc(Cl)c2C)S(=O)(=O)c2ccccc2)C(C)C(=O)NC2CCCCC2)c1. The Kier molecular flexibility index (Phi) is 10.5. The van der Waals surface area contributed by atoms with Crippen LogP contribution in [0.3, 0.4) is 0 Å². The molecular formula is C32H38ClN3O5S. The number of hydrogen-bond acceptors (Lipinski definition) is 5. The summed E-state index contributed by atoms with van der Waals surface area (Å²) in [5.41, 5.74) is 1.56. The van der Waals surface area contributed by atoms with Crippen molar-refractivity contribution in [2.24, 2.45) is 0 Å². The van der Waals surface area contributed by atoms with Gasteiger partial charge in [-0.15, -0.1) is 0 Å². The van der Waals surface area contributed by atoms with Crippen LogP contribution in [0.4, 0.5) is 5.69 Å². The number of nitrogens with zero attached hydrogens (tertiary/aromatic N) is 2. The Morgan fingerprint density at radius 1 is 1.00 bits per heavy atom. The molecule has 1 atom stereocenters. The number of amides is 2. The first-order valence-electron chi connectivity index (χ1n) is 14.2. The third-order valence-electron chi connectivity index (χ3n) is 7.72. The Balaban J connectivity index is 1.71. The molecule has 10 heteroatoms. The van der Waals surface area contributed by atoms with Crippen molar-refractivity contribution in [3.8, 4) is 5.75 Å². The third kappa shape index (κ3) is 7.44. The van der Waals surface area contributed by atoms with E-state index < -0.39 is 28.5 Å². The zero-order valence-corrected chi connectivity index (χ0v) is 25.8. The van der Waals surface area contributed by atoms with E-state index in [1.165, 1.54) is 17.0 Å². The van der Waals surface area contributed by atoms with E-state index in [4.69, 9.17) is 16.3 Å². The summed E-state index contributed by atoms with van der Waals surface area (Å²) in [6.45, 7) is 2.95. The molecule has 0 bridgehead atoms. The van der Waals surface area contributed by atoms with E-state index in [2.05, 4.69) is 5.32 Å². The van der Waals surface area contributed by atoms with Gasteiger partial charge in [-0.25, -0.2) is 8.42 Å². The molecule has 42 heavy (non-hydrogen) atoms. The van der Waals surface area contributed by atoms with E-state index in [0.717, 1.165) is 42.0 Å². The van der Waals surface area contributed by atoms with Gasteiger partial charge >= 0.3 is 0 Å². The van der Waals surface area contributed by atoms with Crippen molar-refractivity contribution in [1.82, 2.24) is 10.2 Å². The van der Waals surface area contributed by atoms with Crippen molar-refractivity contribution in [3.05, 3.63) is 88.9 Å². The summed E-state index contributed by atoms with van der Waals surface area (Å²) in [6.07, 6.45) is 5.06. The van der Waals surface area contributed by atoms with Gasteiger partial charge in [0.25, 0.3) is 10.0 Å². The van der Waals surface area contributed by atoms with Crippen LogP contribution >= 0.6 is 11.6 Å². The minimum Gasteiger partial charge on any atom is -0.497 e. The molecule has 3 aromatic carbocycles. The molecule has 1 aliphatic rings. The van der Waals surface area contributed by atoms with Gasteiger partial charge in [0.1, 0.15) is 18.3 Å². The van der Waals surface area contributed by atoms with Gasteiger partial charge in [0.15, 0.2) is 0 Å². The van der Waals surface area contributed by atoms with Crippen LogP contribution in [0.2, 0.25) is 5.02 Å². The second-order valence-corrected chi connectivity index (χ2v) is 12.9. The van der Waals surface area contributed by atoms with Crippen molar-refractivity contribution < 1.29 is 22.7 Å². The predicted octanol–water partition coefficient (Wildman–Crippen LogP) is 5.72. The lowest BCUT2D eigenvalue weighted by atomic mass is 9.95. The highest BCUT2D eigenvalue weighted by molar-refractivity contribution is 7.92. The molecule has 0 heterocycles. The highest BCUT2D eigenvalue weighted by atomic mass is 35.5. The van der Waals surface area contributed by atoms with Crippen LogP contribution in [0.15, 0.2) is 77.7 Å². The van der Waals surface area contributed by atoms with Crippen LogP contribution in [-0.4, -0.2) is 50.9 Å². The Morgan fingerprint density at radius 2 is 1.69 bits per heavy atom. The molecule has 2 amide bonds. The van der Waals surface area contributed by atoms with Gasteiger partial charge in [0, 0.05) is 17.6 Å². The third-order valence-corrected chi connectivity index (χ3v) is 9.91. The molecule has 0 spiro atoms. The van der Waals surface area contributed by atoms with E-state index in [0.29, 0.717) is 22.0 Å². The second kappa shape index (κ2) is 14.1. The lowest BCUT2D eigenvalue weighted by Gasteiger charge is -2.33. The van der Waals surface area contributed by atoms with Crippen LogP contribution < -0.4 is 14.4 Å². The first-order chi connectivity index (χ1) is 20.1. The number of methoxy groups -OCH3 is 1. The molecule has 8 nitrogen and oxygen atoms in total. The largest absolute Gasteiger partial charge is 0.497 e. The van der Waals surface area contributed by atoms with E-state index in [1.807, 2.05) is 12.1 Å². The number of ether oxygens (including phenoxy) is 1. The molecule has 1 unspecified atom stereocenters. The van der Waals surface area contributed by atoms with E-state index in [1.54, 1.807) is 69.5 Å². The topological polar surface area (TPSA) is 96.0 Å². The number of anilines is 1. The summed E-state index contributed by atoms with van der Waals surface area (Å²) >= 11 is 6.39. The highest BCUT2D eigenvalue weighted by Crippen LogP contribution is 2.31. The lowest BCUT2D eigenvalue weighted by Crippen LogP contribution is -2.53. The summed E-state index contributed by atoms with van der Waals surface area (Å²) in [4.78, 5) is 29.1. The van der Waals surface area contributed by atoms with E-state index in [9.17, 15) is 18.0 Å². The van der Waals surface area contributed by atoms with Crippen molar-refractivity contribution in [1.29, 1.82) is 0 Å². The zero-order valence-electron chi connectivity index (χ0n) is 24.3. The lowest BCUT2D eigenvalue weighted by molar-refractivity contribution is -0.139. The molecule has 1 aliphatic carbocycles. The summed E-state index contributed by atoms with van der Waals surface area (Å²) in [5.74, 6) is -0.181. The number of rotatable bonds is 11. The summed E-state index contributed by atoms with van der Waals surface area (Å²) < 4.78 is 34.4. The zero-order chi connectivity index (χ0) is 30.3. The van der Waals surface area contributed by atoms with Gasteiger partial charge < -0.3 is 15.0 Å². The molecule has 1 saturated carbocycles. The van der Waals surface area contributed by atoms with Crippen LogP contribution in [0, 0.1) is 6.92 Å². The molecule has 1 fully saturated rings. The number of nitrogens with one attached hydrogen (secondary N) is 1. The van der Waals surface area contributed by atoms with Crippen LogP contribution in [0.5, 0.6) is 5.75 Å². The molecule has 224 valence electrons. The number of benzene rings is 3. The van der Waals surface area contributed by atoms with Gasteiger partial charge in [-0.3, -0.25) is 13.9 Å². The quantitative estimate of drug-likeness (QED) is 0.299. The minimum absolute atomic E-state index is 0.0413. The molecule has 0 aromatic heterocycles. The van der Waals surface area contributed by atoms with Crippen molar-refractivity contribution in [3.63, 3.8) is 0 Å². The van der Waals surface area contributed by atoms with Crippen molar-refractivity contribution in [2.75, 3.05) is 18.0 Å². The molecule has 1 N–H and O–H groups in total. The predicted molar refractivity (Wildman–Crippen MR) is 165 cm³/mol. The molecule has 4 rings (SSSR count). The summed E-state index contributed by atoms with van der Waals surface area (Å²) in [6, 6.07) is 19.4. The monoisotopic (exact) mass is 611 g/mol. The average molecular weight is 612 g/mol. The Hall–Kier alpha value is -3.56. The number of carbonyl (C=O) groups excluding carboxylic acids is 2. The molecule has 3 aromatic rings. The maximum atomic E-state index is 14.2. The first kappa shape index (κ1) is 31.4. The van der Waals surface area contributed by atoms with Crippen molar-refractivity contribution in [2.45, 2.75) is 69.5 Å². The first-order valence-corrected chi connectivity index (χ1v) is 16.0. The fourth-order valence-corrected chi connectivity index (χ4v) is 6.88. The van der Waals surface area contributed by atoms with Gasteiger partial charge in [-0.2, -0.15) is 0 Å². The smallest absolute Gasteiger partial charge is 0.264 e. The van der Waals surface area contributed by atoms with Crippen molar-refractivity contribution >= 4 is 39.1 Å². The van der Waals surface area contributed by atoms with E-state index in [-0.39, 0.29) is 23.4 Å². The molecule has 0 saturated heterocycles. The van der Waals surface area contributed by atoms with Gasteiger partial charge in [0.05, 0.1) is 17.7 Å². The number of hydrogen-bond donors (Lipinski definition) is 1. The summed E-state index contributed by atoms with van der Waals surface area (Å²) in [7, 11) is -2.61. The van der Waals surface area contributed by atoms with Gasteiger partial charge in [0.2, 0.25) is 11.8 Å². The normalized spacial score (nSPS) is 14.6. The van der Waals surface area contributed by atoms with Crippen LogP contribution in [0.25, 0.3) is 0 Å². The van der Waals surface area contributed by atoms with Gasteiger partial charge in [-0.05, 0) is 74.2 Å². The number of sulfonamides is 1. The minimum atomic E-state index is -4.17. The maximum absolute atomic E-state index is 14.2. The van der Waals surface area contributed by atoms with E-state index >= 15 is 0 Å². The Bertz CT molecular complexity index is 1490. The van der Waals surface area contributed by atoms with Crippen LogP contribution in [-0.2, 0) is 26.2 Å². The Labute approximate surface area is 253 Å². The standard InChI is InChI=1S/C32H38ClN3O5S/c1-23-29(33)18-11-19-30(23)36(42(39,40)28-16-8-5-9-17-28)22-31(37)35(21-25-12-10-15-27(20-25)41-3)24(2)32(38)34-26-13-6-4-7-14-26/h5,8-12,15-20,24,26H,4,6-7,13-14,21-22H2,1-3H3,(H,34,38). The molecular weight excluding hydrogens is 574 g/mol. The molecule has 0 radical (unpaired) electrons. The number of halogens is 1. The average Bonchev–Trinajstić information content (AvgIpc) is 3.00. The fourth-order valence-electron chi connectivity index (χ4n) is 5.22. The summed E-state index contributed by atoms with van der Waals surface area (Å²) in [5, 5.41) is 3.49. The molecule has 0 aliphatic heterocycles.